The molecule has 0 amide bonds. The minimum atomic E-state index is -0.824. The highest BCUT2D eigenvalue weighted by Crippen LogP contribution is 2.24. The second-order valence-electron chi connectivity index (χ2n) is 5.19. The lowest BCUT2D eigenvalue weighted by atomic mass is 9.81. The molecule has 0 aromatic heterocycles. The van der Waals surface area contributed by atoms with Crippen LogP contribution in [0.5, 0.6) is 0 Å². The highest BCUT2D eigenvalue weighted by molar-refractivity contribution is 6.38. The summed E-state index contributed by atoms with van der Waals surface area (Å²) in [6.07, 6.45) is 3.29. The topological polar surface area (TPSA) is 41.5 Å². The third-order valence-corrected chi connectivity index (χ3v) is 3.20. The van der Waals surface area contributed by atoms with Crippen molar-refractivity contribution >= 4 is 7.48 Å². The van der Waals surface area contributed by atoms with E-state index in [1.165, 1.54) is 5.47 Å². The first-order valence-corrected chi connectivity index (χ1v) is 5.58. The van der Waals surface area contributed by atoms with Crippen molar-refractivity contribution in [2.45, 2.75) is 45.3 Å². The summed E-state index contributed by atoms with van der Waals surface area (Å²) in [5.74, 6) is 0. The molecule has 1 rings (SSSR count). The zero-order chi connectivity index (χ0) is 11.5. The fraction of sp³-hybridized carbons (Fsp3) is 0.818. The van der Waals surface area contributed by atoms with Crippen LogP contribution in [0.3, 0.4) is 0 Å². The molecule has 3 nitrogen and oxygen atoms in total. The first-order valence-electron chi connectivity index (χ1n) is 5.58. The molecule has 0 aliphatic carbocycles. The number of nitrogens with one attached hydrogen (secondary N) is 1. The van der Waals surface area contributed by atoms with Crippen LogP contribution in [-0.2, 0) is 4.65 Å². The summed E-state index contributed by atoms with van der Waals surface area (Å²) in [6, 6.07) is 0. The van der Waals surface area contributed by atoms with E-state index in [2.05, 4.69) is 11.4 Å². The maximum Gasteiger partial charge on any atom is 0.306 e. The summed E-state index contributed by atoms with van der Waals surface area (Å²) in [6.45, 7) is 9.36. The molecule has 0 bridgehead atoms. The Morgan fingerprint density at radius 1 is 1.40 bits per heavy atom. The molecule has 0 spiro atoms. The number of aliphatic hydroxyl groups is 1. The van der Waals surface area contributed by atoms with Crippen molar-refractivity contribution < 1.29 is 9.76 Å². The van der Waals surface area contributed by atoms with E-state index in [1.807, 2.05) is 13.8 Å². The molecule has 0 radical (unpaired) electrons. The van der Waals surface area contributed by atoms with Gasteiger partial charge in [0.1, 0.15) is 0 Å². The first-order chi connectivity index (χ1) is 6.83. The third-order valence-electron chi connectivity index (χ3n) is 3.20. The summed E-state index contributed by atoms with van der Waals surface area (Å²) >= 11 is 0. The highest BCUT2D eigenvalue weighted by atomic mass is 16.5. The molecular weight excluding hydrogens is 189 g/mol. The van der Waals surface area contributed by atoms with Gasteiger partial charge in [0.15, 0.2) is 0 Å². The van der Waals surface area contributed by atoms with Gasteiger partial charge in [-0.1, -0.05) is 11.5 Å². The maximum atomic E-state index is 9.91. The number of rotatable bonds is 4. The Balaban J connectivity index is 2.45. The van der Waals surface area contributed by atoms with Crippen LogP contribution in [0.4, 0.5) is 0 Å². The van der Waals surface area contributed by atoms with E-state index in [4.69, 9.17) is 4.65 Å². The second kappa shape index (κ2) is 4.68. The van der Waals surface area contributed by atoms with Crippen LogP contribution in [0.2, 0.25) is 0 Å². The normalized spacial score (nSPS) is 18.6. The molecule has 1 aliphatic rings. The monoisotopic (exact) mass is 211 g/mol. The smallest absolute Gasteiger partial charge is 0.306 e. The molecule has 2 N–H and O–H groups in total. The van der Waals surface area contributed by atoms with Crippen molar-refractivity contribution in [3.63, 3.8) is 0 Å². The quantitative estimate of drug-likeness (QED) is 0.675. The molecule has 0 unspecified atom stereocenters. The Morgan fingerprint density at radius 2 is 2.07 bits per heavy atom. The average molecular weight is 211 g/mol. The molecule has 15 heavy (non-hydrogen) atoms. The molecule has 86 valence electrons. The van der Waals surface area contributed by atoms with Crippen LogP contribution in [0.15, 0.2) is 11.5 Å². The van der Waals surface area contributed by atoms with Gasteiger partial charge in [0, 0.05) is 6.54 Å². The minimum Gasteiger partial charge on any atom is -0.427 e. The van der Waals surface area contributed by atoms with Gasteiger partial charge in [0.2, 0.25) is 0 Å². The standard InChI is InChI=1S/C11H22BNO2/c1-10(2,14)11(3,4)15-12-9-6-5-7-13-8-9/h6,12-14H,5,7-8H2,1-4H3. The molecule has 4 heteroatoms. The number of hydrogen-bond acceptors (Lipinski definition) is 3. The largest absolute Gasteiger partial charge is 0.427 e. The van der Waals surface area contributed by atoms with Crippen LogP contribution < -0.4 is 5.32 Å². The van der Waals surface area contributed by atoms with Gasteiger partial charge in [-0.3, -0.25) is 0 Å². The zero-order valence-electron chi connectivity index (χ0n) is 10.3. The predicted octanol–water partition coefficient (Wildman–Crippen LogP) is 0.781. The van der Waals surface area contributed by atoms with Crippen LogP contribution in [0.1, 0.15) is 34.1 Å². The van der Waals surface area contributed by atoms with Gasteiger partial charge in [-0.15, -0.1) is 0 Å². The molecule has 0 aromatic carbocycles. The molecule has 0 fully saturated rings. The lowest BCUT2D eigenvalue weighted by molar-refractivity contribution is -0.0897. The summed E-state index contributed by atoms with van der Waals surface area (Å²) < 4.78 is 5.78. The van der Waals surface area contributed by atoms with Crippen LogP contribution >= 0.6 is 0 Å². The predicted molar refractivity (Wildman–Crippen MR) is 64.2 cm³/mol. The van der Waals surface area contributed by atoms with E-state index in [1.54, 1.807) is 13.8 Å². The Hall–Kier alpha value is -0.315. The molecule has 0 saturated heterocycles. The van der Waals surface area contributed by atoms with Gasteiger partial charge in [-0.2, -0.15) is 0 Å². The van der Waals surface area contributed by atoms with Gasteiger partial charge < -0.3 is 15.1 Å². The summed E-state index contributed by atoms with van der Waals surface area (Å²) in [7, 11) is 0.601. The van der Waals surface area contributed by atoms with Crippen LogP contribution in [0, 0.1) is 0 Å². The molecule has 1 aliphatic heterocycles. The van der Waals surface area contributed by atoms with Crippen molar-refractivity contribution in [3.05, 3.63) is 11.5 Å². The van der Waals surface area contributed by atoms with Crippen LogP contribution in [0.25, 0.3) is 0 Å². The first kappa shape index (κ1) is 12.8. The Morgan fingerprint density at radius 3 is 2.53 bits per heavy atom. The fourth-order valence-electron chi connectivity index (χ4n) is 1.26. The Labute approximate surface area is 93.2 Å². The highest BCUT2D eigenvalue weighted by Gasteiger charge is 2.35. The van der Waals surface area contributed by atoms with Crippen LogP contribution in [-0.4, -0.2) is 36.9 Å². The fourth-order valence-corrected chi connectivity index (χ4v) is 1.26. The van der Waals surface area contributed by atoms with E-state index in [9.17, 15) is 5.11 Å². The van der Waals surface area contributed by atoms with Crippen molar-refractivity contribution in [2.75, 3.05) is 13.1 Å². The van der Waals surface area contributed by atoms with E-state index >= 15 is 0 Å². The summed E-state index contributed by atoms with van der Waals surface area (Å²) in [5, 5.41) is 13.2. The second-order valence-corrected chi connectivity index (χ2v) is 5.19. The number of hydrogen-bond donors (Lipinski definition) is 2. The van der Waals surface area contributed by atoms with E-state index < -0.39 is 11.2 Å². The van der Waals surface area contributed by atoms with Gasteiger partial charge in [-0.25, -0.2) is 0 Å². The van der Waals surface area contributed by atoms with Crippen molar-refractivity contribution in [1.29, 1.82) is 0 Å². The molecule has 0 saturated carbocycles. The SMILES string of the molecule is CC(C)(O)C(C)(C)OBC1=CCCNC1. The average Bonchev–Trinajstić information content (AvgIpc) is 2.15. The minimum absolute atomic E-state index is 0.523. The third kappa shape index (κ3) is 3.63. The van der Waals surface area contributed by atoms with Gasteiger partial charge in [-0.05, 0) is 40.7 Å². The van der Waals surface area contributed by atoms with Gasteiger partial charge >= 0.3 is 7.48 Å². The van der Waals surface area contributed by atoms with Gasteiger partial charge in [0.05, 0.1) is 11.2 Å². The Bertz CT molecular complexity index is 243. The van der Waals surface area contributed by atoms with E-state index in [0.29, 0.717) is 7.48 Å². The zero-order valence-corrected chi connectivity index (χ0v) is 10.3. The summed E-state index contributed by atoms with van der Waals surface area (Å²) in [5.41, 5.74) is -0.0698. The maximum absolute atomic E-state index is 9.91. The Kier molecular flexibility index (Phi) is 3.98. The molecule has 1 heterocycles. The van der Waals surface area contributed by atoms with Crippen molar-refractivity contribution in [3.8, 4) is 0 Å². The van der Waals surface area contributed by atoms with Crippen molar-refractivity contribution in [1.82, 2.24) is 5.32 Å². The van der Waals surface area contributed by atoms with E-state index in [-0.39, 0.29) is 0 Å². The van der Waals surface area contributed by atoms with E-state index in [0.717, 1.165) is 19.5 Å². The lowest BCUT2D eigenvalue weighted by Gasteiger charge is -2.38. The molecular formula is C11H22BNO2. The van der Waals surface area contributed by atoms with Crippen molar-refractivity contribution in [2.24, 2.45) is 0 Å². The molecule has 0 atom stereocenters. The lowest BCUT2D eigenvalue weighted by Crippen LogP contribution is -2.48. The summed E-state index contributed by atoms with van der Waals surface area (Å²) in [4.78, 5) is 0. The molecule has 0 aromatic rings. The van der Waals surface area contributed by atoms with Gasteiger partial charge in [0.25, 0.3) is 0 Å².